The summed E-state index contributed by atoms with van der Waals surface area (Å²) in [6, 6.07) is 0.583. The van der Waals surface area contributed by atoms with Crippen molar-refractivity contribution in [3.05, 3.63) is 0 Å². The van der Waals surface area contributed by atoms with Crippen LogP contribution < -0.4 is 10.6 Å². The van der Waals surface area contributed by atoms with Gasteiger partial charge in [0.15, 0.2) is 0 Å². The van der Waals surface area contributed by atoms with Crippen LogP contribution in [0.25, 0.3) is 0 Å². The third-order valence-corrected chi connectivity index (χ3v) is 3.86. The molecule has 78 valence electrons. The van der Waals surface area contributed by atoms with E-state index in [4.69, 9.17) is 0 Å². The van der Waals surface area contributed by atoms with Gasteiger partial charge in [0.1, 0.15) is 0 Å². The first-order valence-electron chi connectivity index (χ1n) is 4.96. The van der Waals surface area contributed by atoms with Crippen molar-refractivity contribution in [1.29, 1.82) is 0 Å². The average molecular weight is 204 g/mol. The molecule has 0 saturated carbocycles. The standard InChI is InChI=1S/C9H20N2OS/c1-8(13(2)12)6-11-9-4-3-5-10-7-9/h8-11H,3-7H2,1-2H3. The van der Waals surface area contributed by atoms with Crippen LogP contribution in [0.15, 0.2) is 0 Å². The summed E-state index contributed by atoms with van der Waals surface area (Å²) >= 11 is 0. The van der Waals surface area contributed by atoms with Crippen molar-refractivity contribution < 1.29 is 4.21 Å². The SMILES string of the molecule is CC(CNC1CCCNC1)S(C)=O. The first kappa shape index (κ1) is 11.1. The van der Waals surface area contributed by atoms with Crippen molar-refractivity contribution in [2.45, 2.75) is 31.1 Å². The number of hydrogen-bond donors (Lipinski definition) is 2. The van der Waals surface area contributed by atoms with Gasteiger partial charge in [0.2, 0.25) is 0 Å². The molecule has 0 aromatic carbocycles. The molecule has 2 N–H and O–H groups in total. The molecular weight excluding hydrogens is 184 g/mol. The van der Waals surface area contributed by atoms with Gasteiger partial charge in [-0.2, -0.15) is 0 Å². The van der Waals surface area contributed by atoms with Crippen LogP contribution in [0.3, 0.4) is 0 Å². The molecule has 0 bridgehead atoms. The van der Waals surface area contributed by atoms with E-state index < -0.39 is 10.8 Å². The van der Waals surface area contributed by atoms with E-state index >= 15 is 0 Å². The van der Waals surface area contributed by atoms with Crippen LogP contribution in [0.2, 0.25) is 0 Å². The first-order chi connectivity index (χ1) is 6.20. The monoisotopic (exact) mass is 204 g/mol. The van der Waals surface area contributed by atoms with Crippen molar-refractivity contribution in [3.8, 4) is 0 Å². The van der Waals surface area contributed by atoms with Crippen LogP contribution in [-0.2, 0) is 10.8 Å². The van der Waals surface area contributed by atoms with Crippen LogP contribution in [0, 0.1) is 0 Å². The predicted molar refractivity (Wildman–Crippen MR) is 57.4 cm³/mol. The van der Waals surface area contributed by atoms with E-state index in [1.165, 1.54) is 12.8 Å². The fourth-order valence-electron chi connectivity index (χ4n) is 1.48. The molecule has 3 unspecified atom stereocenters. The molecular formula is C9H20N2OS. The highest BCUT2D eigenvalue weighted by Crippen LogP contribution is 2.01. The third-order valence-electron chi connectivity index (χ3n) is 2.56. The fraction of sp³-hybridized carbons (Fsp3) is 1.00. The normalized spacial score (nSPS) is 28.3. The van der Waals surface area contributed by atoms with Gasteiger partial charge in [-0.05, 0) is 26.3 Å². The largest absolute Gasteiger partial charge is 0.315 e. The minimum atomic E-state index is -0.698. The smallest absolute Gasteiger partial charge is 0.0441 e. The van der Waals surface area contributed by atoms with E-state index in [9.17, 15) is 4.21 Å². The highest BCUT2D eigenvalue weighted by molar-refractivity contribution is 7.84. The minimum absolute atomic E-state index is 0.266. The first-order valence-corrected chi connectivity index (χ1v) is 6.58. The van der Waals surface area contributed by atoms with E-state index in [-0.39, 0.29) is 5.25 Å². The molecule has 4 heteroatoms. The molecule has 1 saturated heterocycles. The topological polar surface area (TPSA) is 41.1 Å². The Morgan fingerprint density at radius 3 is 3.00 bits per heavy atom. The van der Waals surface area contributed by atoms with Crippen LogP contribution in [-0.4, -0.2) is 41.4 Å². The molecule has 3 nitrogen and oxygen atoms in total. The Hall–Kier alpha value is 0.0700. The second-order valence-corrected chi connectivity index (χ2v) is 5.56. The lowest BCUT2D eigenvalue weighted by atomic mass is 10.1. The molecule has 0 aliphatic carbocycles. The van der Waals surface area contributed by atoms with E-state index in [0.29, 0.717) is 6.04 Å². The molecule has 1 aliphatic heterocycles. The van der Waals surface area contributed by atoms with Gasteiger partial charge in [-0.3, -0.25) is 4.21 Å². The van der Waals surface area contributed by atoms with Gasteiger partial charge in [-0.1, -0.05) is 0 Å². The maximum absolute atomic E-state index is 11.1. The predicted octanol–water partition coefficient (Wildman–Crippen LogP) is 0.0950. The Morgan fingerprint density at radius 1 is 1.69 bits per heavy atom. The van der Waals surface area contributed by atoms with E-state index in [1.807, 2.05) is 6.92 Å². The minimum Gasteiger partial charge on any atom is -0.315 e. The molecule has 0 spiro atoms. The zero-order valence-electron chi connectivity index (χ0n) is 8.51. The van der Waals surface area contributed by atoms with Gasteiger partial charge >= 0.3 is 0 Å². The molecule has 0 aromatic heterocycles. The van der Waals surface area contributed by atoms with E-state index in [2.05, 4.69) is 10.6 Å². The molecule has 0 amide bonds. The zero-order chi connectivity index (χ0) is 9.68. The van der Waals surface area contributed by atoms with Gasteiger partial charge in [-0.25, -0.2) is 0 Å². The van der Waals surface area contributed by atoms with Crippen LogP contribution in [0.4, 0.5) is 0 Å². The Balaban J connectivity index is 2.13. The molecule has 3 atom stereocenters. The van der Waals surface area contributed by atoms with Gasteiger partial charge in [-0.15, -0.1) is 0 Å². The summed E-state index contributed by atoms with van der Waals surface area (Å²) in [5.41, 5.74) is 0. The van der Waals surface area contributed by atoms with Crippen LogP contribution in [0.5, 0.6) is 0 Å². The molecule has 1 aliphatic rings. The lowest BCUT2D eigenvalue weighted by Crippen LogP contribution is -2.45. The maximum atomic E-state index is 11.1. The third kappa shape index (κ3) is 4.20. The van der Waals surface area contributed by atoms with Crippen LogP contribution in [0.1, 0.15) is 19.8 Å². The van der Waals surface area contributed by atoms with Crippen LogP contribution >= 0.6 is 0 Å². The van der Waals surface area contributed by atoms with Gasteiger partial charge in [0.25, 0.3) is 0 Å². The number of hydrogen-bond acceptors (Lipinski definition) is 3. The summed E-state index contributed by atoms with van der Waals surface area (Å²) in [7, 11) is -0.698. The zero-order valence-corrected chi connectivity index (χ0v) is 9.32. The Bertz CT molecular complexity index is 169. The highest BCUT2D eigenvalue weighted by atomic mass is 32.2. The Kier molecular flexibility index (Phi) is 4.91. The average Bonchev–Trinajstić information content (AvgIpc) is 2.15. The molecule has 13 heavy (non-hydrogen) atoms. The number of nitrogens with one attached hydrogen (secondary N) is 2. The lowest BCUT2D eigenvalue weighted by Gasteiger charge is -2.24. The van der Waals surface area contributed by atoms with Gasteiger partial charge in [0, 0.05) is 41.4 Å². The Morgan fingerprint density at radius 2 is 2.46 bits per heavy atom. The quantitative estimate of drug-likeness (QED) is 0.682. The fourth-order valence-corrected chi connectivity index (χ4v) is 1.81. The highest BCUT2D eigenvalue weighted by Gasteiger charge is 2.13. The number of rotatable bonds is 4. The van der Waals surface area contributed by atoms with Gasteiger partial charge in [0.05, 0.1) is 0 Å². The molecule has 1 heterocycles. The summed E-state index contributed by atoms with van der Waals surface area (Å²) in [6.07, 6.45) is 4.27. The molecule has 0 radical (unpaired) electrons. The van der Waals surface area contributed by atoms with E-state index in [0.717, 1.165) is 19.6 Å². The van der Waals surface area contributed by atoms with Crippen molar-refractivity contribution >= 4 is 10.8 Å². The summed E-state index contributed by atoms with van der Waals surface area (Å²) in [4.78, 5) is 0. The van der Waals surface area contributed by atoms with Crippen molar-refractivity contribution in [1.82, 2.24) is 10.6 Å². The van der Waals surface area contributed by atoms with E-state index in [1.54, 1.807) is 6.26 Å². The van der Waals surface area contributed by atoms with Crippen molar-refractivity contribution in [3.63, 3.8) is 0 Å². The lowest BCUT2D eigenvalue weighted by molar-refractivity contribution is 0.391. The summed E-state index contributed by atoms with van der Waals surface area (Å²) in [5.74, 6) is 0. The maximum Gasteiger partial charge on any atom is 0.0441 e. The van der Waals surface area contributed by atoms with Gasteiger partial charge < -0.3 is 10.6 Å². The summed E-state index contributed by atoms with van der Waals surface area (Å²) < 4.78 is 11.1. The number of piperidine rings is 1. The summed E-state index contributed by atoms with van der Waals surface area (Å²) in [5, 5.41) is 7.06. The van der Waals surface area contributed by atoms with Crippen molar-refractivity contribution in [2.75, 3.05) is 25.9 Å². The Labute approximate surface area is 83.1 Å². The summed E-state index contributed by atoms with van der Waals surface area (Å²) in [6.45, 7) is 5.10. The van der Waals surface area contributed by atoms with Crippen molar-refractivity contribution in [2.24, 2.45) is 0 Å². The molecule has 1 fully saturated rings. The second kappa shape index (κ2) is 5.73. The second-order valence-electron chi connectivity index (χ2n) is 3.76. The molecule has 1 rings (SSSR count). The molecule has 0 aromatic rings.